The van der Waals surface area contributed by atoms with Gasteiger partial charge in [-0.3, -0.25) is 0 Å². The highest BCUT2D eigenvalue weighted by Crippen LogP contribution is 2.22. The monoisotopic (exact) mass is 248 g/mol. The highest BCUT2D eigenvalue weighted by molar-refractivity contribution is 5.17. The molecule has 1 aliphatic heterocycles. The van der Waals surface area contributed by atoms with Crippen LogP contribution in [0.25, 0.3) is 0 Å². The van der Waals surface area contributed by atoms with Crippen molar-refractivity contribution in [1.82, 2.24) is 9.55 Å². The average molecular weight is 248 g/mol. The summed E-state index contributed by atoms with van der Waals surface area (Å²) in [5.41, 5.74) is 1.01. The van der Waals surface area contributed by atoms with E-state index in [1.807, 2.05) is 10.8 Å². The van der Waals surface area contributed by atoms with E-state index in [1.54, 1.807) is 18.3 Å². The van der Waals surface area contributed by atoms with Crippen molar-refractivity contribution in [2.45, 2.75) is 12.8 Å². The van der Waals surface area contributed by atoms with Crippen molar-refractivity contribution >= 4 is 0 Å². The number of hydrogen-bond acceptors (Lipinski definition) is 3. The van der Waals surface area contributed by atoms with Gasteiger partial charge in [-0.05, 0) is 17.7 Å². The minimum atomic E-state index is -0.388. The zero-order chi connectivity index (χ0) is 12.4. The highest BCUT2D eigenvalue weighted by Gasteiger charge is 2.22. The summed E-state index contributed by atoms with van der Waals surface area (Å²) in [6.45, 7) is 1.81. The fourth-order valence-corrected chi connectivity index (χ4v) is 1.96. The van der Waals surface area contributed by atoms with Gasteiger partial charge in [0.25, 0.3) is 0 Å². The summed E-state index contributed by atoms with van der Waals surface area (Å²) in [7, 11) is 0. The maximum atomic E-state index is 12.8. The molecule has 2 heterocycles. The van der Waals surface area contributed by atoms with Crippen LogP contribution in [0.2, 0.25) is 0 Å². The van der Waals surface area contributed by atoms with Gasteiger partial charge in [0.1, 0.15) is 5.82 Å². The normalized spacial score (nSPS) is 16.3. The van der Waals surface area contributed by atoms with Crippen LogP contribution in [0.5, 0.6) is 0 Å². The number of imidazole rings is 1. The Balaban J connectivity index is 1.80. The lowest BCUT2D eigenvalue weighted by Gasteiger charge is -2.12. The first-order valence-corrected chi connectivity index (χ1v) is 5.81. The van der Waals surface area contributed by atoms with Crippen molar-refractivity contribution in [3.63, 3.8) is 0 Å². The first-order chi connectivity index (χ1) is 8.83. The van der Waals surface area contributed by atoms with E-state index in [2.05, 4.69) is 4.98 Å². The maximum Gasteiger partial charge on any atom is 0.217 e. The van der Waals surface area contributed by atoms with Crippen LogP contribution in [0.15, 0.2) is 36.7 Å². The lowest BCUT2D eigenvalue weighted by atomic mass is 10.2. The first kappa shape index (κ1) is 11.4. The predicted octanol–water partition coefficient (Wildman–Crippen LogP) is 2.12. The smallest absolute Gasteiger partial charge is 0.217 e. The van der Waals surface area contributed by atoms with Gasteiger partial charge in [0.05, 0.1) is 13.2 Å². The second-order valence-electron chi connectivity index (χ2n) is 4.11. The molecule has 3 rings (SSSR count). The zero-order valence-electron chi connectivity index (χ0n) is 9.75. The minimum absolute atomic E-state index is 0.230. The molecular formula is C13H13FN2O2. The van der Waals surface area contributed by atoms with Crippen molar-refractivity contribution in [3.05, 3.63) is 53.9 Å². The summed E-state index contributed by atoms with van der Waals surface area (Å²) in [5, 5.41) is 0. The van der Waals surface area contributed by atoms with Gasteiger partial charge in [-0.25, -0.2) is 9.37 Å². The standard InChI is InChI=1S/C13H13FN2O2/c14-11-3-1-10(2-4-11)9-16-6-5-15-12(16)13-17-7-8-18-13/h1-6,13H,7-9H2. The van der Waals surface area contributed by atoms with Crippen LogP contribution in [0.1, 0.15) is 17.7 Å². The molecule has 1 aromatic carbocycles. The summed E-state index contributed by atoms with van der Waals surface area (Å²) in [6, 6.07) is 6.42. The number of ether oxygens (including phenoxy) is 2. The van der Waals surface area contributed by atoms with Crippen molar-refractivity contribution in [3.8, 4) is 0 Å². The third-order valence-corrected chi connectivity index (χ3v) is 2.85. The lowest BCUT2D eigenvalue weighted by Crippen LogP contribution is -2.10. The molecule has 18 heavy (non-hydrogen) atoms. The van der Waals surface area contributed by atoms with Gasteiger partial charge in [-0.15, -0.1) is 0 Å². The summed E-state index contributed by atoms with van der Waals surface area (Å²) >= 11 is 0. The van der Waals surface area contributed by atoms with Crippen molar-refractivity contribution < 1.29 is 13.9 Å². The molecule has 0 spiro atoms. The molecule has 0 bridgehead atoms. The maximum absolute atomic E-state index is 12.8. The van der Waals surface area contributed by atoms with E-state index >= 15 is 0 Å². The molecule has 94 valence electrons. The Morgan fingerprint density at radius 1 is 1.22 bits per heavy atom. The SMILES string of the molecule is Fc1ccc(Cn2ccnc2C2OCCO2)cc1. The predicted molar refractivity (Wildman–Crippen MR) is 62.4 cm³/mol. The average Bonchev–Trinajstić information content (AvgIpc) is 3.02. The lowest BCUT2D eigenvalue weighted by molar-refractivity contribution is -0.0527. The van der Waals surface area contributed by atoms with Gasteiger partial charge < -0.3 is 14.0 Å². The largest absolute Gasteiger partial charge is 0.343 e. The van der Waals surface area contributed by atoms with E-state index in [9.17, 15) is 4.39 Å². The van der Waals surface area contributed by atoms with Crippen LogP contribution >= 0.6 is 0 Å². The Bertz CT molecular complexity index is 518. The van der Waals surface area contributed by atoms with Crippen LogP contribution < -0.4 is 0 Å². The highest BCUT2D eigenvalue weighted by atomic mass is 19.1. The van der Waals surface area contributed by atoms with Gasteiger partial charge in [0.15, 0.2) is 5.82 Å². The van der Waals surface area contributed by atoms with Crippen LogP contribution in [-0.4, -0.2) is 22.8 Å². The van der Waals surface area contributed by atoms with Crippen molar-refractivity contribution in [1.29, 1.82) is 0 Å². The Morgan fingerprint density at radius 3 is 2.67 bits per heavy atom. The van der Waals surface area contributed by atoms with E-state index < -0.39 is 0 Å². The van der Waals surface area contributed by atoms with E-state index in [1.165, 1.54) is 12.1 Å². The quantitative estimate of drug-likeness (QED) is 0.834. The van der Waals surface area contributed by atoms with Crippen LogP contribution in [0, 0.1) is 5.82 Å². The van der Waals surface area contributed by atoms with Crippen LogP contribution in [0.4, 0.5) is 4.39 Å². The van der Waals surface area contributed by atoms with Gasteiger partial charge in [-0.1, -0.05) is 12.1 Å². The molecule has 0 atom stereocenters. The van der Waals surface area contributed by atoms with E-state index in [-0.39, 0.29) is 12.1 Å². The third kappa shape index (κ3) is 2.27. The molecule has 0 amide bonds. The van der Waals surface area contributed by atoms with E-state index in [4.69, 9.17) is 9.47 Å². The number of rotatable bonds is 3. The topological polar surface area (TPSA) is 36.3 Å². The van der Waals surface area contributed by atoms with Crippen LogP contribution in [0.3, 0.4) is 0 Å². The molecule has 4 nitrogen and oxygen atoms in total. The zero-order valence-corrected chi connectivity index (χ0v) is 9.75. The third-order valence-electron chi connectivity index (χ3n) is 2.85. The first-order valence-electron chi connectivity index (χ1n) is 5.81. The van der Waals surface area contributed by atoms with Gasteiger partial charge in [-0.2, -0.15) is 0 Å². The molecule has 0 radical (unpaired) electrons. The van der Waals surface area contributed by atoms with Crippen molar-refractivity contribution in [2.75, 3.05) is 13.2 Å². The fourth-order valence-electron chi connectivity index (χ4n) is 1.96. The summed E-state index contributed by atoms with van der Waals surface area (Å²) in [4.78, 5) is 4.25. The molecular weight excluding hydrogens is 235 g/mol. The fraction of sp³-hybridized carbons (Fsp3) is 0.308. The molecule has 0 saturated carbocycles. The van der Waals surface area contributed by atoms with Gasteiger partial charge in [0, 0.05) is 18.9 Å². The summed E-state index contributed by atoms with van der Waals surface area (Å²) in [6.07, 6.45) is 3.19. The number of halogens is 1. The molecule has 1 aromatic heterocycles. The second kappa shape index (κ2) is 4.88. The summed E-state index contributed by atoms with van der Waals surface area (Å²) in [5.74, 6) is 0.517. The van der Waals surface area contributed by atoms with E-state index in [0.29, 0.717) is 19.8 Å². The Kier molecular flexibility index (Phi) is 3.08. The molecule has 1 saturated heterocycles. The Hall–Kier alpha value is -1.72. The molecule has 1 fully saturated rings. The van der Waals surface area contributed by atoms with E-state index in [0.717, 1.165) is 11.4 Å². The molecule has 0 unspecified atom stereocenters. The molecule has 1 aliphatic rings. The van der Waals surface area contributed by atoms with Gasteiger partial charge >= 0.3 is 0 Å². The molecule has 2 aromatic rings. The summed E-state index contributed by atoms with van der Waals surface area (Å²) < 4.78 is 25.6. The Morgan fingerprint density at radius 2 is 1.94 bits per heavy atom. The molecule has 5 heteroatoms. The number of nitrogens with zero attached hydrogens (tertiary/aromatic N) is 2. The number of hydrogen-bond donors (Lipinski definition) is 0. The van der Waals surface area contributed by atoms with Gasteiger partial charge in [0.2, 0.25) is 6.29 Å². The molecule has 0 N–H and O–H groups in total. The number of aromatic nitrogens is 2. The molecule has 0 aliphatic carbocycles. The number of benzene rings is 1. The second-order valence-corrected chi connectivity index (χ2v) is 4.11. The Labute approximate surface area is 104 Å². The van der Waals surface area contributed by atoms with Crippen molar-refractivity contribution in [2.24, 2.45) is 0 Å². The van der Waals surface area contributed by atoms with Crippen LogP contribution in [-0.2, 0) is 16.0 Å². The minimum Gasteiger partial charge on any atom is -0.343 e.